The number of ketones is 2. The number of aliphatic carboxylic acids is 1. The molecule has 0 aromatic rings. The van der Waals surface area contributed by atoms with Crippen LogP contribution in [-0.4, -0.2) is 69.6 Å². The van der Waals surface area contributed by atoms with Gasteiger partial charge in [0.25, 0.3) is 0 Å². The summed E-state index contributed by atoms with van der Waals surface area (Å²) >= 11 is 0. The molecule has 40 heavy (non-hydrogen) atoms. The van der Waals surface area contributed by atoms with Crippen LogP contribution < -0.4 is 0 Å². The van der Waals surface area contributed by atoms with E-state index in [1.165, 1.54) is 12.2 Å². The molecule has 220 valence electrons. The molecule has 0 aromatic carbocycles. The van der Waals surface area contributed by atoms with Gasteiger partial charge in [-0.2, -0.15) is 0 Å². The van der Waals surface area contributed by atoms with Crippen molar-refractivity contribution >= 4 is 23.5 Å². The van der Waals surface area contributed by atoms with E-state index in [-0.39, 0.29) is 31.0 Å². The molecule has 1 saturated heterocycles. The summed E-state index contributed by atoms with van der Waals surface area (Å²) in [4.78, 5) is 49.1. The SMILES string of the molecule is CC1(C)O[C@@H]2C[C@H]3[C@@H]4CCC5=CC(=O)C=C[C@]5(C)[C@@]4(F)[C@@H](O)C[C@]3(C)[C@]2(C(=O)COC(=O)CCCCC(=O)O)O1. The number of carboxylic acids is 1. The smallest absolute Gasteiger partial charge is 0.306 e. The molecule has 5 rings (SSSR count). The van der Waals surface area contributed by atoms with E-state index in [2.05, 4.69) is 0 Å². The number of carbonyl (C=O) groups is 4. The van der Waals surface area contributed by atoms with Gasteiger partial charge in [0.15, 0.2) is 29.4 Å². The van der Waals surface area contributed by atoms with E-state index in [1.807, 2.05) is 6.92 Å². The minimum Gasteiger partial charge on any atom is -0.481 e. The van der Waals surface area contributed by atoms with Gasteiger partial charge < -0.3 is 24.4 Å². The number of fused-ring (bicyclic) bond motifs is 7. The van der Waals surface area contributed by atoms with Gasteiger partial charge in [-0.15, -0.1) is 0 Å². The number of aliphatic hydroxyl groups is 1. The molecule has 8 atom stereocenters. The number of unbranched alkanes of at least 4 members (excludes halogenated alkanes) is 1. The predicted octanol–water partition coefficient (Wildman–Crippen LogP) is 3.61. The van der Waals surface area contributed by atoms with Crippen molar-refractivity contribution in [3.63, 3.8) is 0 Å². The topological polar surface area (TPSA) is 136 Å². The van der Waals surface area contributed by atoms with Gasteiger partial charge in [-0.1, -0.05) is 18.6 Å². The van der Waals surface area contributed by atoms with E-state index in [1.54, 1.807) is 26.8 Å². The zero-order valence-electron chi connectivity index (χ0n) is 23.5. The van der Waals surface area contributed by atoms with Crippen molar-refractivity contribution in [3.05, 3.63) is 23.8 Å². The standard InChI is InChI=1S/C30H39FO9/c1-26(2)39-23-14-20-19-10-9-17-13-18(32)11-12-27(17,3)29(19,31)21(33)15-28(20,4)30(23,40-26)22(34)16-38-25(37)8-6-5-7-24(35)36/h11-13,19-21,23,33H,5-10,14-16H2,1-4H3,(H,35,36)/t19-,20-,21-,23+,27-,28-,29-,30+/m0/s1. The number of allylic oxidation sites excluding steroid dienone is 4. The maximum absolute atomic E-state index is 17.4. The molecule has 0 bridgehead atoms. The van der Waals surface area contributed by atoms with Crippen LogP contribution >= 0.6 is 0 Å². The average molecular weight is 563 g/mol. The third-order valence-corrected chi connectivity index (χ3v) is 10.4. The number of Topliss-reactive ketones (excluding diaryl/α,β-unsaturated/α-hetero) is 1. The van der Waals surface area contributed by atoms with Crippen LogP contribution in [0.2, 0.25) is 0 Å². The first-order valence-corrected chi connectivity index (χ1v) is 14.2. The molecule has 0 radical (unpaired) electrons. The lowest BCUT2D eigenvalue weighted by Crippen LogP contribution is -2.70. The summed E-state index contributed by atoms with van der Waals surface area (Å²) in [5.41, 5.74) is -5.10. The lowest BCUT2D eigenvalue weighted by atomic mass is 9.44. The van der Waals surface area contributed by atoms with Crippen molar-refractivity contribution in [1.29, 1.82) is 0 Å². The van der Waals surface area contributed by atoms with E-state index in [4.69, 9.17) is 19.3 Å². The van der Waals surface area contributed by atoms with E-state index in [0.29, 0.717) is 37.7 Å². The van der Waals surface area contributed by atoms with Crippen LogP contribution in [0.15, 0.2) is 23.8 Å². The van der Waals surface area contributed by atoms with Gasteiger partial charge in [0.2, 0.25) is 5.78 Å². The van der Waals surface area contributed by atoms with Crippen molar-refractivity contribution in [3.8, 4) is 0 Å². The second-order valence-corrected chi connectivity index (χ2v) is 13.0. The Morgan fingerprint density at radius 1 is 1.12 bits per heavy atom. The Labute approximate surface area is 233 Å². The monoisotopic (exact) mass is 562 g/mol. The van der Waals surface area contributed by atoms with E-state index >= 15 is 4.39 Å². The fourth-order valence-corrected chi connectivity index (χ4v) is 8.68. The summed E-state index contributed by atoms with van der Waals surface area (Å²) in [6.07, 6.45) is 4.02. The summed E-state index contributed by atoms with van der Waals surface area (Å²) in [7, 11) is 0. The summed E-state index contributed by atoms with van der Waals surface area (Å²) in [5, 5.41) is 20.4. The summed E-state index contributed by atoms with van der Waals surface area (Å²) < 4.78 is 35.4. The number of carbonyl (C=O) groups excluding carboxylic acids is 3. The highest BCUT2D eigenvalue weighted by Gasteiger charge is 2.80. The van der Waals surface area contributed by atoms with Crippen LogP contribution in [0.25, 0.3) is 0 Å². The van der Waals surface area contributed by atoms with Crippen molar-refractivity contribution in [2.24, 2.45) is 22.7 Å². The molecular weight excluding hydrogens is 523 g/mol. The molecule has 10 heteroatoms. The lowest BCUT2D eigenvalue weighted by molar-refractivity contribution is -0.246. The van der Waals surface area contributed by atoms with E-state index in [9.17, 15) is 24.3 Å². The van der Waals surface area contributed by atoms with Gasteiger partial charge in [-0.05, 0) is 77.4 Å². The summed E-state index contributed by atoms with van der Waals surface area (Å²) in [5.74, 6) is -4.36. The fraction of sp³-hybridized carbons (Fsp3) is 0.733. The molecule has 0 unspecified atom stereocenters. The van der Waals surface area contributed by atoms with Crippen LogP contribution in [0.5, 0.6) is 0 Å². The lowest BCUT2D eigenvalue weighted by Gasteiger charge is -2.62. The average Bonchev–Trinajstić information content (AvgIpc) is 3.27. The number of hydrogen-bond acceptors (Lipinski definition) is 8. The predicted molar refractivity (Wildman–Crippen MR) is 139 cm³/mol. The number of aliphatic hydroxyl groups excluding tert-OH is 1. The minimum absolute atomic E-state index is 0.0185. The number of alkyl halides is 1. The van der Waals surface area contributed by atoms with E-state index in [0.717, 1.165) is 0 Å². The van der Waals surface area contributed by atoms with Crippen LogP contribution in [0.3, 0.4) is 0 Å². The van der Waals surface area contributed by atoms with Gasteiger partial charge in [-0.3, -0.25) is 19.2 Å². The maximum Gasteiger partial charge on any atom is 0.306 e. The van der Waals surface area contributed by atoms with Crippen LogP contribution in [0.4, 0.5) is 4.39 Å². The Morgan fingerprint density at radius 3 is 2.52 bits per heavy atom. The maximum atomic E-state index is 17.4. The number of ether oxygens (including phenoxy) is 3. The normalized spacial score (nSPS) is 42.8. The highest BCUT2D eigenvalue weighted by atomic mass is 19.1. The molecular formula is C30H39FO9. The molecule has 0 amide bonds. The highest BCUT2D eigenvalue weighted by molar-refractivity contribution is 6.01. The minimum atomic E-state index is -2.06. The van der Waals surface area contributed by atoms with Gasteiger partial charge in [0.05, 0.1) is 12.2 Å². The van der Waals surface area contributed by atoms with Gasteiger partial charge in [0.1, 0.15) is 0 Å². The Bertz CT molecular complexity index is 1190. The number of esters is 1. The number of carboxylic acid groups (broad SMARTS) is 1. The van der Waals surface area contributed by atoms with Gasteiger partial charge in [0, 0.05) is 29.6 Å². The van der Waals surface area contributed by atoms with Crippen LogP contribution in [-0.2, 0) is 33.4 Å². The number of rotatable bonds is 8. The molecule has 1 aliphatic heterocycles. The first-order chi connectivity index (χ1) is 18.6. The third kappa shape index (κ3) is 4.04. The molecule has 4 aliphatic carbocycles. The first kappa shape index (κ1) is 29.1. The van der Waals surface area contributed by atoms with Crippen molar-refractivity contribution in [2.45, 2.75) is 108 Å². The van der Waals surface area contributed by atoms with Crippen LogP contribution in [0.1, 0.15) is 79.1 Å². The fourth-order valence-electron chi connectivity index (χ4n) is 8.68. The second kappa shape index (κ2) is 9.56. The quantitative estimate of drug-likeness (QED) is 0.336. The molecule has 2 N–H and O–H groups in total. The van der Waals surface area contributed by atoms with Crippen molar-refractivity contribution in [2.75, 3.05) is 6.61 Å². The molecule has 5 aliphatic rings. The zero-order chi connectivity index (χ0) is 29.3. The Morgan fingerprint density at radius 2 is 1.82 bits per heavy atom. The van der Waals surface area contributed by atoms with Gasteiger partial charge in [-0.25, -0.2) is 4.39 Å². The molecule has 0 spiro atoms. The first-order valence-electron chi connectivity index (χ1n) is 14.2. The van der Waals surface area contributed by atoms with Crippen molar-refractivity contribution < 1.29 is 48.0 Å². The second-order valence-electron chi connectivity index (χ2n) is 13.0. The van der Waals surface area contributed by atoms with Crippen molar-refractivity contribution in [1.82, 2.24) is 0 Å². The largest absolute Gasteiger partial charge is 0.481 e. The van der Waals surface area contributed by atoms with E-state index < -0.39 is 70.3 Å². The molecule has 9 nitrogen and oxygen atoms in total. The molecule has 4 fully saturated rings. The highest BCUT2D eigenvalue weighted by Crippen LogP contribution is 2.72. The Kier molecular flexibility index (Phi) is 6.95. The number of halogens is 1. The molecule has 0 aromatic heterocycles. The van der Waals surface area contributed by atoms with Gasteiger partial charge >= 0.3 is 11.9 Å². The summed E-state index contributed by atoms with van der Waals surface area (Å²) in [6, 6.07) is 0. The zero-order valence-corrected chi connectivity index (χ0v) is 23.5. The number of hydrogen-bond donors (Lipinski definition) is 2. The summed E-state index contributed by atoms with van der Waals surface area (Å²) in [6.45, 7) is 6.43. The Balaban J connectivity index is 1.42. The Hall–Kier alpha value is -2.43. The molecule has 3 saturated carbocycles. The van der Waals surface area contributed by atoms with Crippen LogP contribution in [0, 0.1) is 22.7 Å². The third-order valence-electron chi connectivity index (χ3n) is 10.4. The molecule has 1 heterocycles.